The van der Waals surface area contributed by atoms with E-state index < -0.39 is 29.5 Å². The molecule has 7 heteroatoms. The molecule has 0 saturated carbocycles. The highest BCUT2D eigenvalue weighted by atomic mass is 19.2. The molecule has 0 amide bonds. The molecule has 3 aromatic rings. The number of ketones is 1. The molecule has 0 bridgehead atoms. The second-order valence-corrected chi connectivity index (χ2v) is 5.21. The van der Waals surface area contributed by atoms with Crippen LogP contribution in [0.1, 0.15) is 27.6 Å². The fourth-order valence-electron chi connectivity index (χ4n) is 2.23. The van der Waals surface area contributed by atoms with Gasteiger partial charge in [0.05, 0.1) is 17.3 Å². The number of Topliss-reactive ketones (excluding diaryl/α,β-unsaturated/α-hetero) is 1. The van der Waals surface area contributed by atoms with E-state index in [2.05, 4.69) is 10.2 Å². The van der Waals surface area contributed by atoms with Crippen molar-refractivity contribution in [2.75, 3.05) is 0 Å². The summed E-state index contributed by atoms with van der Waals surface area (Å²) in [4.78, 5) is 24.3. The first-order valence-corrected chi connectivity index (χ1v) is 7.09. The number of carbonyl (C=O) groups is 2. The number of fused-ring (bicyclic) bond motifs is 1. The van der Waals surface area contributed by atoms with E-state index in [1.54, 1.807) is 24.4 Å². The Labute approximate surface area is 135 Å². The van der Waals surface area contributed by atoms with Crippen molar-refractivity contribution in [1.29, 1.82) is 0 Å². The van der Waals surface area contributed by atoms with Crippen molar-refractivity contribution in [3.05, 3.63) is 65.4 Å². The van der Waals surface area contributed by atoms with E-state index in [4.69, 9.17) is 4.74 Å². The fourth-order valence-corrected chi connectivity index (χ4v) is 2.23. The summed E-state index contributed by atoms with van der Waals surface area (Å²) in [6, 6.07) is 7.56. The lowest BCUT2D eigenvalue weighted by molar-refractivity contribution is 0.0319. The summed E-state index contributed by atoms with van der Waals surface area (Å²) in [5.41, 5.74) is 0.832. The molecule has 0 fully saturated rings. The summed E-state index contributed by atoms with van der Waals surface area (Å²) in [7, 11) is 0. The number of nitrogens with zero attached hydrogens (tertiary/aromatic N) is 1. The van der Waals surface area contributed by atoms with Crippen LogP contribution in [0.3, 0.4) is 0 Å². The van der Waals surface area contributed by atoms with Gasteiger partial charge in [-0.15, -0.1) is 0 Å². The fraction of sp³-hybridized carbons (Fsp3) is 0.118. The number of ether oxygens (including phenoxy) is 1. The Morgan fingerprint density at radius 3 is 2.58 bits per heavy atom. The van der Waals surface area contributed by atoms with Crippen LogP contribution < -0.4 is 0 Å². The predicted molar refractivity (Wildman–Crippen MR) is 81.7 cm³/mol. The van der Waals surface area contributed by atoms with Crippen molar-refractivity contribution in [1.82, 2.24) is 10.2 Å². The normalized spacial score (nSPS) is 12.1. The van der Waals surface area contributed by atoms with Gasteiger partial charge in [-0.1, -0.05) is 6.07 Å². The number of benzene rings is 2. The second-order valence-electron chi connectivity index (χ2n) is 5.21. The molecule has 0 radical (unpaired) electrons. The summed E-state index contributed by atoms with van der Waals surface area (Å²) in [5, 5.41) is 7.41. The van der Waals surface area contributed by atoms with Crippen molar-refractivity contribution in [2.45, 2.75) is 13.0 Å². The molecule has 122 valence electrons. The lowest BCUT2D eigenvalue weighted by atomic mass is 10.1. The third-order valence-electron chi connectivity index (χ3n) is 3.53. The van der Waals surface area contributed by atoms with E-state index >= 15 is 0 Å². The summed E-state index contributed by atoms with van der Waals surface area (Å²) in [5.74, 6) is -3.51. The Hall–Kier alpha value is -3.09. The number of aromatic nitrogens is 2. The lowest BCUT2D eigenvalue weighted by Crippen LogP contribution is -2.24. The van der Waals surface area contributed by atoms with Gasteiger partial charge in [-0.05, 0) is 37.3 Å². The van der Waals surface area contributed by atoms with Crippen molar-refractivity contribution in [3.63, 3.8) is 0 Å². The van der Waals surface area contributed by atoms with E-state index in [9.17, 15) is 18.4 Å². The Morgan fingerprint density at radius 1 is 1.08 bits per heavy atom. The van der Waals surface area contributed by atoms with E-state index in [0.29, 0.717) is 5.52 Å². The number of rotatable bonds is 4. The van der Waals surface area contributed by atoms with Gasteiger partial charge in [0, 0.05) is 10.9 Å². The molecule has 0 saturated heterocycles. The molecule has 1 atom stereocenters. The van der Waals surface area contributed by atoms with E-state index in [1.165, 1.54) is 6.92 Å². The van der Waals surface area contributed by atoms with Gasteiger partial charge in [0.1, 0.15) is 0 Å². The number of nitrogens with one attached hydrogen (secondary N) is 1. The summed E-state index contributed by atoms with van der Waals surface area (Å²) in [6.07, 6.45) is 0.472. The zero-order valence-electron chi connectivity index (χ0n) is 12.5. The third-order valence-corrected chi connectivity index (χ3v) is 3.53. The summed E-state index contributed by atoms with van der Waals surface area (Å²) < 4.78 is 31.2. The maximum atomic E-state index is 13.2. The van der Waals surface area contributed by atoms with Crippen LogP contribution in [0.15, 0.2) is 42.6 Å². The van der Waals surface area contributed by atoms with Gasteiger partial charge in [-0.2, -0.15) is 5.10 Å². The van der Waals surface area contributed by atoms with E-state index in [0.717, 1.165) is 23.6 Å². The van der Waals surface area contributed by atoms with Crippen molar-refractivity contribution >= 4 is 22.7 Å². The molecule has 2 aromatic carbocycles. The molecule has 0 spiro atoms. The molecule has 1 heterocycles. The standard InChI is InChI=1S/C17H12F2N2O3/c1-9(16(22)10-4-5-13(18)14(19)6-10)24-17(23)11-2-3-12-8-20-21-15(12)7-11/h2-9H,1H3,(H,20,21)/t9-/m1/s1. The van der Waals surface area contributed by atoms with Gasteiger partial charge in [0.15, 0.2) is 17.7 Å². The molecule has 0 unspecified atom stereocenters. The molecule has 3 rings (SSSR count). The number of halogens is 2. The van der Waals surface area contributed by atoms with Gasteiger partial charge >= 0.3 is 5.97 Å². The van der Waals surface area contributed by atoms with E-state index in [1.807, 2.05) is 0 Å². The molecular weight excluding hydrogens is 318 g/mol. The largest absolute Gasteiger partial charge is 0.451 e. The first kappa shape index (κ1) is 15.8. The van der Waals surface area contributed by atoms with Crippen LogP contribution in [0.5, 0.6) is 0 Å². The first-order valence-electron chi connectivity index (χ1n) is 7.09. The van der Waals surface area contributed by atoms with Crippen LogP contribution in [0.25, 0.3) is 10.9 Å². The van der Waals surface area contributed by atoms with Crippen LogP contribution in [-0.2, 0) is 4.74 Å². The number of hydrogen-bond acceptors (Lipinski definition) is 4. The quantitative estimate of drug-likeness (QED) is 0.589. The predicted octanol–water partition coefficient (Wildman–Crippen LogP) is 3.27. The van der Waals surface area contributed by atoms with Gasteiger partial charge in [-0.25, -0.2) is 13.6 Å². The Morgan fingerprint density at radius 2 is 1.83 bits per heavy atom. The number of aromatic amines is 1. The maximum Gasteiger partial charge on any atom is 0.338 e. The topological polar surface area (TPSA) is 72.0 Å². The lowest BCUT2D eigenvalue weighted by Gasteiger charge is -2.12. The highest BCUT2D eigenvalue weighted by molar-refractivity contribution is 6.02. The monoisotopic (exact) mass is 330 g/mol. The van der Waals surface area contributed by atoms with Crippen LogP contribution >= 0.6 is 0 Å². The zero-order chi connectivity index (χ0) is 17.3. The Balaban J connectivity index is 1.75. The third kappa shape index (κ3) is 3.01. The summed E-state index contributed by atoms with van der Waals surface area (Å²) in [6.45, 7) is 1.37. The SMILES string of the molecule is C[C@@H](OC(=O)c1ccc2cn[nH]c2c1)C(=O)c1ccc(F)c(F)c1. The highest BCUT2D eigenvalue weighted by Gasteiger charge is 2.21. The molecule has 24 heavy (non-hydrogen) atoms. The number of carbonyl (C=O) groups excluding carboxylic acids is 2. The molecule has 1 aromatic heterocycles. The van der Waals surface area contributed by atoms with Gasteiger partial charge in [0.2, 0.25) is 5.78 Å². The van der Waals surface area contributed by atoms with Crippen LogP contribution in [0.2, 0.25) is 0 Å². The average molecular weight is 330 g/mol. The number of H-pyrrole nitrogens is 1. The molecule has 0 aliphatic heterocycles. The maximum absolute atomic E-state index is 13.2. The molecule has 0 aliphatic rings. The smallest absolute Gasteiger partial charge is 0.338 e. The van der Waals surface area contributed by atoms with Gasteiger partial charge < -0.3 is 4.74 Å². The average Bonchev–Trinajstić information content (AvgIpc) is 3.04. The number of esters is 1. The molecule has 0 aliphatic carbocycles. The minimum atomic E-state index is -1.14. The number of hydrogen-bond donors (Lipinski definition) is 1. The van der Waals surface area contributed by atoms with Crippen LogP contribution in [0.4, 0.5) is 8.78 Å². The molecule has 5 nitrogen and oxygen atoms in total. The van der Waals surface area contributed by atoms with Crippen molar-refractivity contribution in [3.8, 4) is 0 Å². The van der Waals surface area contributed by atoms with Crippen molar-refractivity contribution in [2.24, 2.45) is 0 Å². The van der Waals surface area contributed by atoms with Crippen LogP contribution in [0, 0.1) is 11.6 Å². The minimum absolute atomic E-state index is 0.0711. The Kier molecular flexibility index (Phi) is 4.07. The van der Waals surface area contributed by atoms with Gasteiger partial charge in [0.25, 0.3) is 0 Å². The van der Waals surface area contributed by atoms with Crippen molar-refractivity contribution < 1.29 is 23.1 Å². The first-order chi connectivity index (χ1) is 11.5. The zero-order valence-corrected chi connectivity index (χ0v) is 12.5. The molecule has 1 N–H and O–H groups in total. The Bertz CT molecular complexity index is 936. The summed E-state index contributed by atoms with van der Waals surface area (Å²) >= 11 is 0. The molecular formula is C17H12F2N2O3. The van der Waals surface area contributed by atoms with Crippen LogP contribution in [-0.4, -0.2) is 28.1 Å². The second kappa shape index (κ2) is 6.19. The van der Waals surface area contributed by atoms with E-state index in [-0.39, 0.29) is 11.1 Å². The highest BCUT2D eigenvalue weighted by Crippen LogP contribution is 2.16. The minimum Gasteiger partial charge on any atom is -0.451 e. The van der Waals surface area contributed by atoms with Gasteiger partial charge in [-0.3, -0.25) is 9.89 Å².